The maximum atomic E-state index is 13.2. The summed E-state index contributed by atoms with van der Waals surface area (Å²) in [4.78, 5) is 30.3. The van der Waals surface area contributed by atoms with Crippen molar-refractivity contribution in [1.82, 2.24) is 15.0 Å². The molecule has 0 radical (unpaired) electrons. The number of pyridine rings is 1. The third kappa shape index (κ3) is 4.52. The molecule has 0 atom stereocenters. The molecule has 2 N–H and O–H groups in total. The Labute approximate surface area is 192 Å². The highest BCUT2D eigenvalue weighted by molar-refractivity contribution is 6.03. The lowest BCUT2D eigenvalue weighted by molar-refractivity contribution is 0.256. The Morgan fingerprint density at radius 2 is 1.94 bits per heavy atom. The highest BCUT2D eigenvalue weighted by Gasteiger charge is 2.24. The van der Waals surface area contributed by atoms with Crippen molar-refractivity contribution in [3.63, 3.8) is 0 Å². The minimum Gasteiger partial charge on any atom is -0.481 e. The lowest BCUT2D eigenvalue weighted by Gasteiger charge is -2.22. The zero-order valence-corrected chi connectivity index (χ0v) is 18.6. The summed E-state index contributed by atoms with van der Waals surface area (Å²) in [7, 11) is 1.52. The van der Waals surface area contributed by atoms with Crippen LogP contribution in [0.25, 0.3) is 11.3 Å². The van der Waals surface area contributed by atoms with Crippen LogP contribution in [0, 0.1) is 0 Å². The summed E-state index contributed by atoms with van der Waals surface area (Å²) in [5.41, 5.74) is 3.92. The van der Waals surface area contributed by atoms with Crippen molar-refractivity contribution < 1.29 is 9.53 Å². The highest BCUT2D eigenvalue weighted by Crippen LogP contribution is 2.32. The summed E-state index contributed by atoms with van der Waals surface area (Å²) < 4.78 is 5.13. The van der Waals surface area contributed by atoms with Crippen LogP contribution in [0.1, 0.15) is 19.3 Å². The fraction of sp³-hybridized carbons (Fsp3) is 0.333. The molecule has 9 heteroatoms. The number of hydrogen-bond donors (Lipinski definition) is 2. The van der Waals surface area contributed by atoms with Crippen LogP contribution in [0.5, 0.6) is 5.88 Å². The van der Waals surface area contributed by atoms with Gasteiger partial charge in [0.1, 0.15) is 12.1 Å². The Bertz CT molecular complexity index is 1150. The molecule has 170 valence electrons. The molecule has 3 aromatic rings. The van der Waals surface area contributed by atoms with Crippen LogP contribution >= 0.6 is 0 Å². The molecule has 9 nitrogen and oxygen atoms in total. The van der Waals surface area contributed by atoms with Gasteiger partial charge in [0.05, 0.1) is 18.5 Å². The Morgan fingerprint density at radius 3 is 2.79 bits per heavy atom. The molecule has 2 amide bonds. The predicted molar refractivity (Wildman–Crippen MR) is 129 cm³/mol. The first-order valence-corrected chi connectivity index (χ1v) is 11.3. The van der Waals surface area contributed by atoms with E-state index >= 15 is 0 Å². The van der Waals surface area contributed by atoms with Crippen LogP contribution in [0.4, 0.5) is 27.8 Å². The minimum atomic E-state index is -0.295. The number of aromatic nitrogens is 3. The van der Waals surface area contributed by atoms with E-state index in [1.807, 2.05) is 12.1 Å². The van der Waals surface area contributed by atoms with Gasteiger partial charge in [0.25, 0.3) is 0 Å². The standard InChI is InChI=1S/C24H27N7O2/c1-33-22-15-21(26-16-27-22)29-24(32)31-13-5-10-25-20-9-8-19(28-23(20)31)17-6-4-7-18(14-17)30-11-2-3-12-30/h4,6-9,14-16,25H,2-3,5,10-13H2,1H3,(H,26,27,29,32). The number of nitrogens with one attached hydrogen (secondary N) is 2. The van der Waals surface area contributed by atoms with Crippen molar-refractivity contribution in [1.29, 1.82) is 0 Å². The second-order valence-electron chi connectivity index (χ2n) is 8.12. The molecule has 2 aliphatic heterocycles. The largest absolute Gasteiger partial charge is 0.481 e. The Hall–Kier alpha value is -3.88. The summed E-state index contributed by atoms with van der Waals surface area (Å²) >= 11 is 0. The third-order valence-electron chi connectivity index (χ3n) is 5.95. The summed E-state index contributed by atoms with van der Waals surface area (Å²) in [6.45, 7) is 3.49. The molecular weight excluding hydrogens is 418 g/mol. The van der Waals surface area contributed by atoms with E-state index in [9.17, 15) is 4.79 Å². The molecule has 1 aromatic carbocycles. The van der Waals surface area contributed by atoms with Crippen molar-refractivity contribution in [2.45, 2.75) is 19.3 Å². The van der Waals surface area contributed by atoms with Gasteiger partial charge in [-0.3, -0.25) is 10.2 Å². The van der Waals surface area contributed by atoms with Crippen LogP contribution in [-0.2, 0) is 0 Å². The highest BCUT2D eigenvalue weighted by atomic mass is 16.5. The number of amides is 2. The molecule has 0 bridgehead atoms. The van der Waals surface area contributed by atoms with E-state index in [-0.39, 0.29) is 6.03 Å². The number of fused-ring (bicyclic) bond motifs is 1. The van der Waals surface area contributed by atoms with E-state index < -0.39 is 0 Å². The van der Waals surface area contributed by atoms with Crippen molar-refractivity contribution in [3.8, 4) is 17.1 Å². The van der Waals surface area contributed by atoms with Gasteiger partial charge in [0.15, 0.2) is 5.82 Å². The topological polar surface area (TPSA) is 95.5 Å². The monoisotopic (exact) mass is 445 g/mol. The maximum Gasteiger partial charge on any atom is 0.328 e. The molecule has 0 saturated carbocycles. The Morgan fingerprint density at radius 1 is 1.06 bits per heavy atom. The van der Waals surface area contributed by atoms with Crippen LogP contribution in [0.15, 0.2) is 48.8 Å². The number of carbonyl (C=O) groups is 1. The first-order chi connectivity index (χ1) is 16.2. The summed E-state index contributed by atoms with van der Waals surface area (Å²) in [6, 6.07) is 13.8. The fourth-order valence-corrected chi connectivity index (χ4v) is 4.25. The van der Waals surface area contributed by atoms with Gasteiger partial charge < -0.3 is 15.0 Å². The quantitative estimate of drug-likeness (QED) is 0.627. The predicted octanol–water partition coefficient (Wildman–Crippen LogP) is 4.00. The number of methoxy groups -OCH3 is 1. The average Bonchev–Trinajstić information content (AvgIpc) is 3.31. The summed E-state index contributed by atoms with van der Waals surface area (Å²) in [6.07, 6.45) is 4.62. The van der Waals surface area contributed by atoms with Gasteiger partial charge in [-0.1, -0.05) is 12.1 Å². The second kappa shape index (κ2) is 9.32. The molecule has 33 heavy (non-hydrogen) atoms. The minimum absolute atomic E-state index is 0.295. The van der Waals surface area contributed by atoms with Crippen molar-refractivity contribution in [2.24, 2.45) is 0 Å². The number of anilines is 4. The van der Waals surface area contributed by atoms with Gasteiger partial charge >= 0.3 is 6.03 Å². The van der Waals surface area contributed by atoms with Gasteiger partial charge in [0.2, 0.25) is 5.88 Å². The number of ether oxygens (including phenoxy) is 1. The molecule has 0 unspecified atom stereocenters. The van der Waals surface area contributed by atoms with Crippen LogP contribution < -0.4 is 25.2 Å². The summed E-state index contributed by atoms with van der Waals surface area (Å²) in [5.74, 6) is 1.37. The van der Waals surface area contributed by atoms with Crippen LogP contribution in [0.2, 0.25) is 0 Å². The maximum absolute atomic E-state index is 13.2. The average molecular weight is 446 g/mol. The van der Waals surface area contributed by atoms with E-state index in [0.29, 0.717) is 24.1 Å². The first-order valence-electron chi connectivity index (χ1n) is 11.3. The molecule has 0 aliphatic carbocycles. The fourth-order valence-electron chi connectivity index (χ4n) is 4.25. The van der Waals surface area contributed by atoms with Crippen molar-refractivity contribution in [2.75, 3.05) is 53.7 Å². The lowest BCUT2D eigenvalue weighted by atomic mass is 10.1. The number of nitrogens with zero attached hydrogens (tertiary/aromatic N) is 5. The molecule has 4 heterocycles. The molecular formula is C24H27N7O2. The van der Waals surface area contributed by atoms with Gasteiger partial charge in [-0.05, 0) is 43.5 Å². The van der Waals surface area contributed by atoms with E-state index in [1.165, 1.54) is 32.0 Å². The molecule has 2 aromatic heterocycles. The SMILES string of the molecule is COc1cc(NC(=O)N2CCCNc3ccc(-c4cccc(N5CCCC5)c4)nc32)ncn1. The number of rotatable bonds is 4. The lowest BCUT2D eigenvalue weighted by Crippen LogP contribution is -2.36. The molecule has 2 aliphatic rings. The van der Waals surface area contributed by atoms with E-state index in [1.54, 1.807) is 11.0 Å². The summed E-state index contributed by atoms with van der Waals surface area (Å²) in [5, 5.41) is 6.23. The molecule has 5 rings (SSSR count). The number of benzene rings is 1. The number of carbonyl (C=O) groups excluding carboxylic acids is 1. The van der Waals surface area contributed by atoms with Gasteiger partial charge in [-0.2, -0.15) is 0 Å². The zero-order chi connectivity index (χ0) is 22.6. The van der Waals surface area contributed by atoms with Crippen LogP contribution in [0.3, 0.4) is 0 Å². The first kappa shape index (κ1) is 21.0. The molecule has 0 spiro atoms. The van der Waals surface area contributed by atoms with E-state index in [4.69, 9.17) is 9.72 Å². The van der Waals surface area contributed by atoms with Crippen molar-refractivity contribution in [3.05, 3.63) is 48.8 Å². The van der Waals surface area contributed by atoms with Crippen LogP contribution in [-0.4, -0.2) is 54.3 Å². The molecule has 1 fully saturated rings. The van der Waals surface area contributed by atoms with Crippen molar-refractivity contribution >= 4 is 29.0 Å². The third-order valence-corrected chi connectivity index (χ3v) is 5.95. The zero-order valence-electron chi connectivity index (χ0n) is 18.6. The smallest absolute Gasteiger partial charge is 0.328 e. The second-order valence-corrected chi connectivity index (χ2v) is 8.12. The van der Waals surface area contributed by atoms with Gasteiger partial charge in [0, 0.05) is 43.5 Å². The van der Waals surface area contributed by atoms with E-state index in [0.717, 1.165) is 43.0 Å². The Kier molecular flexibility index (Phi) is 5.93. The number of urea groups is 1. The van der Waals surface area contributed by atoms with E-state index in [2.05, 4.69) is 49.8 Å². The Balaban J connectivity index is 1.44. The van der Waals surface area contributed by atoms with Gasteiger partial charge in [-0.15, -0.1) is 0 Å². The number of hydrogen-bond acceptors (Lipinski definition) is 7. The normalized spacial score (nSPS) is 15.4. The molecule has 1 saturated heterocycles. The van der Waals surface area contributed by atoms with Gasteiger partial charge in [-0.25, -0.2) is 19.7 Å².